The minimum absolute atomic E-state index is 0.0506. The number of hydrogen-bond donors (Lipinski definition) is 1. The number of halogens is 1. The van der Waals surface area contributed by atoms with Crippen molar-refractivity contribution >= 4 is 46.1 Å². The first-order valence-corrected chi connectivity index (χ1v) is 9.69. The van der Waals surface area contributed by atoms with Crippen molar-refractivity contribution in [1.82, 2.24) is 9.55 Å². The van der Waals surface area contributed by atoms with Gasteiger partial charge in [-0.3, -0.25) is 9.79 Å². The highest BCUT2D eigenvalue weighted by Crippen LogP contribution is 2.32. The van der Waals surface area contributed by atoms with E-state index in [0.29, 0.717) is 10.7 Å². The van der Waals surface area contributed by atoms with E-state index in [0.717, 1.165) is 29.0 Å². The van der Waals surface area contributed by atoms with Crippen LogP contribution in [0.1, 0.15) is 32.1 Å². The Bertz CT molecular complexity index is 1080. The largest absolute Gasteiger partial charge is 0.324 e. The summed E-state index contributed by atoms with van der Waals surface area (Å²) in [4.78, 5) is 22.5. The summed E-state index contributed by atoms with van der Waals surface area (Å²) in [5, 5.41) is 3.65. The second-order valence-electron chi connectivity index (χ2n) is 7.12. The van der Waals surface area contributed by atoms with Crippen molar-refractivity contribution in [2.45, 2.75) is 26.3 Å². The second kappa shape index (κ2) is 7.60. The quantitative estimate of drug-likeness (QED) is 0.637. The normalized spacial score (nSPS) is 14.5. The van der Waals surface area contributed by atoms with Crippen LogP contribution >= 0.6 is 11.6 Å². The fourth-order valence-corrected chi connectivity index (χ4v) is 3.62. The van der Waals surface area contributed by atoms with Crippen LogP contribution in [-0.4, -0.2) is 21.7 Å². The molecule has 0 saturated heterocycles. The van der Waals surface area contributed by atoms with Crippen LogP contribution in [0.2, 0.25) is 5.02 Å². The van der Waals surface area contributed by atoms with Gasteiger partial charge in [0, 0.05) is 23.3 Å². The first-order valence-electron chi connectivity index (χ1n) is 9.31. The Hall–Kier alpha value is -2.92. The molecule has 4 rings (SSSR count). The van der Waals surface area contributed by atoms with Crippen LogP contribution in [0.5, 0.6) is 0 Å². The monoisotopic (exact) mass is 392 g/mol. The second-order valence-corrected chi connectivity index (χ2v) is 7.55. The number of anilines is 1. The molecule has 5 nitrogen and oxygen atoms in total. The summed E-state index contributed by atoms with van der Waals surface area (Å²) in [6, 6.07) is 14.6. The zero-order valence-electron chi connectivity index (χ0n) is 15.8. The van der Waals surface area contributed by atoms with Crippen LogP contribution in [-0.2, 0) is 4.79 Å². The van der Waals surface area contributed by atoms with Crippen molar-refractivity contribution in [3.63, 3.8) is 0 Å². The van der Waals surface area contributed by atoms with Crippen LogP contribution in [0.25, 0.3) is 16.7 Å². The number of carbonyl (C=O) groups is 1. The summed E-state index contributed by atoms with van der Waals surface area (Å²) < 4.78 is 2.01. The third-order valence-electron chi connectivity index (χ3n) is 4.76. The van der Waals surface area contributed by atoms with Gasteiger partial charge in [0.05, 0.1) is 11.0 Å². The summed E-state index contributed by atoms with van der Waals surface area (Å²) in [6.45, 7) is 4.08. The molecule has 142 valence electrons. The van der Waals surface area contributed by atoms with E-state index in [1.54, 1.807) is 24.3 Å². The molecule has 1 unspecified atom stereocenters. The lowest BCUT2D eigenvalue weighted by Crippen LogP contribution is -2.31. The van der Waals surface area contributed by atoms with Crippen molar-refractivity contribution in [2.75, 3.05) is 5.32 Å². The standard InChI is InChI=1S/C22H21ClN4O/c1-14(2)20(22(28)25-16-11-9-15(23)10-12-16)27-19-8-4-3-6-17(19)26-21(27)18-7-5-13-24-18/h3-4,6-14,20H,5H2,1-2H3,(H,25,28). The van der Waals surface area contributed by atoms with Gasteiger partial charge < -0.3 is 9.88 Å². The van der Waals surface area contributed by atoms with Gasteiger partial charge >= 0.3 is 0 Å². The molecule has 1 aliphatic rings. The van der Waals surface area contributed by atoms with E-state index in [4.69, 9.17) is 16.6 Å². The summed E-state index contributed by atoms with van der Waals surface area (Å²) in [7, 11) is 0. The van der Waals surface area contributed by atoms with Crippen molar-refractivity contribution in [2.24, 2.45) is 10.9 Å². The molecule has 3 aromatic rings. The number of aliphatic imine (C=N–C) groups is 1. The molecule has 0 bridgehead atoms. The lowest BCUT2D eigenvalue weighted by molar-refractivity contribution is -0.120. The third-order valence-corrected chi connectivity index (χ3v) is 5.01. The molecule has 1 amide bonds. The minimum atomic E-state index is -0.435. The zero-order valence-corrected chi connectivity index (χ0v) is 16.5. The smallest absolute Gasteiger partial charge is 0.247 e. The summed E-state index contributed by atoms with van der Waals surface area (Å²) in [5.41, 5.74) is 3.29. The number of nitrogens with one attached hydrogen (secondary N) is 1. The van der Waals surface area contributed by atoms with Crippen LogP contribution in [0, 0.1) is 5.92 Å². The van der Waals surface area contributed by atoms with Crippen LogP contribution in [0.3, 0.4) is 0 Å². The Kier molecular flexibility index (Phi) is 5.01. The van der Waals surface area contributed by atoms with Gasteiger partial charge in [0.15, 0.2) is 5.82 Å². The van der Waals surface area contributed by atoms with Gasteiger partial charge in [0.1, 0.15) is 11.7 Å². The highest BCUT2D eigenvalue weighted by atomic mass is 35.5. The summed E-state index contributed by atoms with van der Waals surface area (Å²) >= 11 is 5.96. The van der Waals surface area contributed by atoms with Gasteiger partial charge in [0.2, 0.25) is 5.91 Å². The molecule has 0 aliphatic carbocycles. The van der Waals surface area contributed by atoms with E-state index in [9.17, 15) is 4.79 Å². The number of imidazole rings is 1. The van der Waals surface area contributed by atoms with Crippen LogP contribution in [0.15, 0.2) is 59.6 Å². The molecule has 1 N–H and O–H groups in total. The van der Waals surface area contributed by atoms with Crippen molar-refractivity contribution in [3.8, 4) is 0 Å². The number of carbonyl (C=O) groups excluding carboxylic acids is 1. The number of para-hydroxylation sites is 2. The highest BCUT2D eigenvalue weighted by molar-refractivity contribution is 6.30. The van der Waals surface area contributed by atoms with Crippen molar-refractivity contribution in [3.05, 3.63) is 65.5 Å². The SMILES string of the molecule is CC(C)C(C(=O)Nc1ccc(Cl)cc1)n1c(C2=CCC=N2)nc2ccccc21. The molecule has 1 aliphatic heterocycles. The van der Waals surface area contributed by atoms with E-state index in [1.807, 2.05) is 55.0 Å². The fourth-order valence-electron chi connectivity index (χ4n) is 3.49. The number of amides is 1. The molecule has 0 spiro atoms. The Morgan fingerprint density at radius 1 is 1.14 bits per heavy atom. The van der Waals surface area contributed by atoms with Crippen LogP contribution < -0.4 is 5.32 Å². The highest BCUT2D eigenvalue weighted by Gasteiger charge is 2.30. The van der Waals surface area contributed by atoms with Gasteiger partial charge in [-0.05, 0) is 48.4 Å². The van der Waals surface area contributed by atoms with E-state index >= 15 is 0 Å². The van der Waals surface area contributed by atoms with Crippen molar-refractivity contribution < 1.29 is 4.79 Å². The Morgan fingerprint density at radius 3 is 2.57 bits per heavy atom. The number of benzene rings is 2. The van der Waals surface area contributed by atoms with E-state index < -0.39 is 6.04 Å². The number of rotatable bonds is 5. The number of hydrogen-bond acceptors (Lipinski definition) is 3. The van der Waals surface area contributed by atoms with Crippen LogP contribution in [0.4, 0.5) is 5.69 Å². The molecule has 2 heterocycles. The Morgan fingerprint density at radius 2 is 1.89 bits per heavy atom. The molecule has 0 fully saturated rings. The maximum atomic E-state index is 13.3. The Balaban J connectivity index is 1.80. The number of aromatic nitrogens is 2. The summed E-state index contributed by atoms with van der Waals surface area (Å²) in [5.74, 6) is 0.679. The Labute approximate surface area is 168 Å². The molecule has 1 atom stereocenters. The fraction of sp³-hybridized carbons (Fsp3) is 0.227. The summed E-state index contributed by atoms with van der Waals surface area (Å²) in [6.07, 6.45) is 4.67. The van der Waals surface area contributed by atoms with E-state index in [-0.39, 0.29) is 11.8 Å². The molecule has 0 saturated carbocycles. The maximum Gasteiger partial charge on any atom is 0.247 e. The molecule has 1 aromatic heterocycles. The number of allylic oxidation sites excluding steroid dienone is 1. The molecule has 6 heteroatoms. The topological polar surface area (TPSA) is 59.3 Å². The predicted octanol–water partition coefficient (Wildman–Crippen LogP) is 5.34. The molecule has 0 radical (unpaired) electrons. The van der Waals surface area contributed by atoms with E-state index in [2.05, 4.69) is 10.3 Å². The van der Waals surface area contributed by atoms with E-state index in [1.165, 1.54) is 0 Å². The lowest BCUT2D eigenvalue weighted by atomic mass is 10.0. The number of fused-ring (bicyclic) bond motifs is 1. The van der Waals surface area contributed by atoms with Gasteiger partial charge in [-0.2, -0.15) is 0 Å². The maximum absolute atomic E-state index is 13.3. The van der Waals surface area contributed by atoms with Crippen molar-refractivity contribution in [1.29, 1.82) is 0 Å². The predicted molar refractivity (Wildman–Crippen MR) is 115 cm³/mol. The molecule has 2 aromatic carbocycles. The first-order chi connectivity index (χ1) is 13.5. The average molecular weight is 393 g/mol. The third kappa shape index (κ3) is 3.45. The van der Waals surface area contributed by atoms with Gasteiger partial charge in [-0.25, -0.2) is 4.98 Å². The van der Waals surface area contributed by atoms with Gasteiger partial charge in [-0.15, -0.1) is 0 Å². The number of nitrogens with zero attached hydrogens (tertiary/aromatic N) is 3. The molecular formula is C22H21ClN4O. The molecule has 28 heavy (non-hydrogen) atoms. The minimum Gasteiger partial charge on any atom is -0.324 e. The average Bonchev–Trinajstić information content (AvgIpc) is 3.32. The first kappa shape index (κ1) is 18.4. The van der Waals surface area contributed by atoms with Gasteiger partial charge in [-0.1, -0.05) is 37.6 Å². The lowest BCUT2D eigenvalue weighted by Gasteiger charge is -2.24. The zero-order chi connectivity index (χ0) is 19.7. The van der Waals surface area contributed by atoms with Gasteiger partial charge in [0.25, 0.3) is 0 Å². The molecular weight excluding hydrogens is 372 g/mol.